The molecule has 2 heteroatoms. The molecule has 0 amide bonds. The van der Waals surface area contributed by atoms with E-state index in [0.717, 1.165) is 17.3 Å². The van der Waals surface area contributed by atoms with Crippen molar-refractivity contribution in [2.45, 2.75) is 18.2 Å². The highest BCUT2D eigenvalue weighted by Crippen LogP contribution is 2.25. The second-order valence-electron chi connectivity index (χ2n) is 4.04. The van der Waals surface area contributed by atoms with E-state index in [1.807, 2.05) is 18.2 Å². The van der Waals surface area contributed by atoms with Crippen LogP contribution in [-0.4, -0.2) is 0 Å². The third-order valence-corrected chi connectivity index (χ3v) is 3.76. The number of aryl methyl sites for hydroxylation is 1. The van der Waals surface area contributed by atoms with Gasteiger partial charge in [-0.15, -0.1) is 11.6 Å². The first-order chi connectivity index (χ1) is 8.25. The van der Waals surface area contributed by atoms with Crippen molar-refractivity contribution in [1.82, 2.24) is 0 Å². The van der Waals surface area contributed by atoms with Crippen molar-refractivity contribution in [2.75, 3.05) is 0 Å². The highest BCUT2D eigenvalue weighted by Gasteiger charge is 2.07. The summed E-state index contributed by atoms with van der Waals surface area (Å²) in [7, 11) is 0. The van der Waals surface area contributed by atoms with E-state index in [1.54, 1.807) is 0 Å². The van der Waals surface area contributed by atoms with Gasteiger partial charge in [0.25, 0.3) is 0 Å². The molecule has 0 aliphatic heterocycles. The molecule has 17 heavy (non-hydrogen) atoms. The molecule has 0 saturated carbocycles. The normalized spacial score (nSPS) is 12.4. The Morgan fingerprint density at radius 2 is 1.59 bits per heavy atom. The van der Waals surface area contributed by atoms with Crippen molar-refractivity contribution in [2.24, 2.45) is 0 Å². The zero-order valence-electron chi connectivity index (χ0n) is 9.44. The molecule has 0 fully saturated rings. The van der Waals surface area contributed by atoms with Gasteiger partial charge in [0.1, 0.15) is 0 Å². The van der Waals surface area contributed by atoms with Gasteiger partial charge in [-0.05, 0) is 36.1 Å². The lowest BCUT2D eigenvalue weighted by atomic mass is 10.0. The second-order valence-corrected chi connectivity index (χ2v) is 5.49. The molecule has 0 aromatic heterocycles. The summed E-state index contributed by atoms with van der Waals surface area (Å²) in [6, 6.07) is 18.7. The lowest BCUT2D eigenvalue weighted by Gasteiger charge is -2.09. The maximum Gasteiger partial charge on any atom is 0.0588 e. The topological polar surface area (TPSA) is 0 Å². The Morgan fingerprint density at radius 3 is 2.24 bits per heavy atom. The molecule has 0 aliphatic carbocycles. The van der Waals surface area contributed by atoms with Crippen LogP contribution in [0.3, 0.4) is 0 Å². The first-order valence-corrected chi connectivity index (χ1v) is 6.92. The van der Waals surface area contributed by atoms with Crippen molar-refractivity contribution in [3.8, 4) is 0 Å². The molecule has 1 atom stereocenters. The molecular weight excluding hydrogens is 296 g/mol. The van der Waals surface area contributed by atoms with Gasteiger partial charge in [0.2, 0.25) is 0 Å². The van der Waals surface area contributed by atoms with Gasteiger partial charge >= 0.3 is 0 Å². The van der Waals surface area contributed by atoms with Gasteiger partial charge in [-0.2, -0.15) is 0 Å². The molecule has 0 saturated heterocycles. The monoisotopic (exact) mass is 308 g/mol. The first kappa shape index (κ1) is 12.7. The zero-order valence-corrected chi connectivity index (χ0v) is 11.8. The minimum absolute atomic E-state index is 0.0971. The van der Waals surface area contributed by atoms with Crippen molar-refractivity contribution in [3.05, 3.63) is 70.2 Å². The van der Waals surface area contributed by atoms with Crippen molar-refractivity contribution in [3.63, 3.8) is 0 Å². The van der Waals surface area contributed by atoms with E-state index in [4.69, 9.17) is 11.6 Å². The standard InChI is InChI=1S/C15H14BrCl/c16-14-9-6-12(7-10-14)8-11-15(17)13-4-2-1-3-5-13/h1-7,9-10,15H,8,11H2. The van der Waals surface area contributed by atoms with Crippen LogP contribution in [-0.2, 0) is 6.42 Å². The van der Waals surface area contributed by atoms with E-state index in [1.165, 1.54) is 11.1 Å². The summed E-state index contributed by atoms with van der Waals surface area (Å²) in [4.78, 5) is 0. The first-order valence-electron chi connectivity index (χ1n) is 5.69. The van der Waals surface area contributed by atoms with E-state index < -0.39 is 0 Å². The molecule has 2 rings (SSSR count). The SMILES string of the molecule is ClC(CCc1ccc(Br)cc1)c1ccccc1. The van der Waals surface area contributed by atoms with E-state index in [0.29, 0.717) is 0 Å². The third-order valence-electron chi connectivity index (χ3n) is 2.76. The minimum atomic E-state index is 0.0971. The van der Waals surface area contributed by atoms with E-state index in [9.17, 15) is 0 Å². The molecule has 0 nitrogen and oxygen atoms in total. The Bertz CT molecular complexity index is 450. The van der Waals surface area contributed by atoms with Crippen LogP contribution in [0.2, 0.25) is 0 Å². The zero-order chi connectivity index (χ0) is 12.1. The Morgan fingerprint density at radius 1 is 0.941 bits per heavy atom. The molecule has 1 unspecified atom stereocenters. The van der Waals surface area contributed by atoms with E-state index in [-0.39, 0.29) is 5.38 Å². The van der Waals surface area contributed by atoms with Gasteiger partial charge < -0.3 is 0 Å². The Kier molecular flexibility index (Phi) is 4.64. The van der Waals surface area contributed by atoms with Gasteiger partial charge in [-0.3, -0.25) is 0 Å². The largest absolute Gasteiger partial charge is 0.118 e. The number of halogens is 2. The van der Waals surface area contributed by atoms with Crippen molar-refractivity contribution in [1.29, 1.82) is 0 Å². The summed E-state index contributed by atoms with van der Waals surface area (Å²) in [5.41, 5.74) is 2.53. The average molecular weight is 310 g/mol. The molecule has 0 N–H and O–H groups in total. The van der Waals surface area contributed by atoms with Crippen LogP contribution in [0, 0.1) is 0 Å². The highest BCUT2D eigenvalue weighted by molar-refractivity contribution is 9.10. The van der Waals surface area contributed by atoms with E-state index in [2.05, 4.69) is 52.3 Å². The second kappa shape index (κ2) is 6.23. The molecule has 0 heterocycles. The lowest BCUT2D eigenvalue weighted by molar-refractivity contribution is 0.793. The Hall–Kier alpha value is -0.790. The van der Waals surface area contributed by atoms with Gasteiger partial charge in [-0.25, -0.2) is 0 Å². The molecule has 0 spiro atoms. The fourth-order valence-corrected chi connectivity index (χ4v) is 2.29. The van der Waals surface area contributed by atoms with Gasteiger partial charge in [0, 0.05) is 4.47 Å². The number of rotatable bonds is 4. The van der Waals surface area contributed by atoms with Gasteiger partial charge in [-0.1, -0.05) is 58.4 Å². The van der Waals surface area contributed by atoms with Crippen LogP contribution in [0.5, 0.6) is 0 Å². The maximum atomic E-state index is 6.38. The lowest BCUT2D eigenvalue weighted by Crippen LogP contribution is -1.93. The van der Waals surface area contributed by atoms with Gasteiger partial charge in [0.15, 0.2) is 0 Å². The number of benzene rings is 2. The number of alkyl halides is 1. The summed E-state index contributed by atoms with van der Waals surface area (Å²) in [5, 5.41) is 0.0971. The molecule has 0 radical (unpaired) electrons. The molecular formula is C15H14BrCl. The minimum Gasteiger partial charge on any atom is -0.118 e. The molecule has 88 valence electrons. The summed E-state index contributed by atoms with van der Waals surface area (Å²) in [6.45, 7) is 0. The van der Waals surface area contributed by atoms with Crippen LogP contribution in [0.15, 0.2) is 59.1 Å². The quantitative estimate of drug-likeness (QED) is 0.667. The van der Waals surface area contributed by atoms with Crippen LogP contribution in [0.25, 0.3) is 0 Å². The smallest absolute Gasteiger partial charge is 0.0588 e. The Labute approximate surface area is 116 Å². The maximum absolute atomic E-state index is 6.38. The Balaban J connectivity index is 1.92. The average Bonchev–Trinajstić information content (AvgIpc) is 2.39. The fourth-order valence-electron chi connectivity index (χ4n) is 1.77. The summed E-state index contributed by atoms with van der Waals surface area (Å²) in [6.07, 6.45) is 1.98. The van der Waals surface area contributed by atoms with E-state index >= 15 is 0 Å². The van der Waals surface area contributed by atoms with Crippen molar-refractivity contribution >= 4 is 27.5 Å². The predicted molar refractivity (Wildman–Crippen MR) is 77.5 cm³/mol. The molecule has 0 bridgehead atoms. The van der Waals surface area contributed by atoms with Gasteiger partial charge in [0.05, 0.1) is 5.38 Å². The summed E-state index contributed by atoms with van der Waals surface area (Å²) >= 11 is 9.81. The van der Waals surface area contributed by atoms with Crippen molar-refractivity contribution < 1.29 is 0 Å². The highest BCUT2D eigenvalue weighted by atomic mass is 79.9. The molecule has 2 aromatic rings. The molecule has 0 aliphatic rings. The number of hydrogen-bond acceptors (Lipinski definition) is 0. The molecule has 2 aromatic carbocycles. The fraction of sp³-hybridized carbons (Fsp3) is 0.200. The third kappa shape index (κ3) is 3.86. The summed E-state index contributed by atoms with van der Waals surface area (Å²) < 4.78 is 1.12. The number of hydrogen-bond donors (Lipinski definition) is 0. The van der Waals surface area contributed by atoms with Crippen LogP contribution in [0.4, 0.5) is 0 Å². The summed E-state index contributed by atoms with van der Waals surface area (Å²) in [5.74, 6) is 0. The van der Waals surface area contributed by atoms with Crippen LogP contribution < -0.4 is 0 Å². The van der Waals surface area contributed by atoms with Crippen LogP contribution >= 0.6 is 27.5 Å². The predicted octanol–water partition coefficient (Wildman–Crippen LogP) is 5.36. The van der Waals surface area contributed by atoms with Crippen LogP contribution in [0.1, 0.15) is 22.9 Å².